The van der Waals surface area contributed by atoms with E-state index in [0.717, 1.165) is 18.4 Å². The highest BCUT2D eigenvalue weighted by molar-refractivity contribution is 5.67. The molecule has 1 aromatic carbocycles. The summed E-state index contributed by atoms with van der Waals surface area (Å²) in [5, 5.41) is 9.04. The van der Waals surface area contributed by atoms with Gasteiger partial charge < -0.3 is 5.11 Å². The Balaban J connectivity index is 2.28. The summed E-state index contributed by atoms with van der Waals surface area (Å²) in [6.07, 6.45) is 4.45. The maximum absolute atomic E-state index is 11.0. The lowest BCUT2D eigenvalue weighted by Crippen LogP contribution is -2.30. The molecule has 0 aliphatic carbocycles. The van der Waals surface area contributed by atoms with Gasteiger partial charge in [-0.1, -0.05) is 36.4 Å². The van der Waals surface area contributed by atoms with Crippen molar-refractivity contribution in [2.24, 2.45) is 0 Å². The fourth-order valence-electron chi connectivity index (χ4n) is 1.88. The van der Waals surface area contributed by atoms with Crippen LogP contribution in [0.25, 0.3) is 0 Å². The van der Waals surface area contributed by atoms with E-state index >= 15 is 0 Å². The van der Waals surface area contributed by atoms with E-state index in [1.54, 1.807) is 6.20 Å². The molecule has 15 heavy (non-hydrogen) atoms. The van der Waals surface area contributed by atoms with Crippen molar-refractivity contribution < 1.29 is 9.90 Å². The van der Waals surface area contributed by atoms with Gasteiger partial charge in [0.15, 0.2) is 0 Å². The summed E-state index contributed by atoms with van der Waals surface area (Å²) < 4.78 is 0. The molecule has 0 saturated carbocycles. The molecule has 1 atom stereocenters. The molecule has 0 fully saturated rings. The maximum atomic E-state index is 11.0. The van der Waals surface area contributed by atoms with E-state index in [9.17, 15) is 4.79 Å². The first kappa shape index (κ1) is 9.77. The van der Waals surface area contributed by atoms with E-state index in [-0.39, 0.29) is 6.04 Å². The lowest BCUT2D eigenvalue weighted by molar-refractivity contribution is 0.143. The van der Waals surface area contributed by atoms with Gasteiger partial charge in [0.1, 0.15) is 0 Å². The Kier molecular flexibility index (Phi) is 2.72. The summed E-state index contributed by atoms with van der Waals surface area (Å²) in [7, 11) is 0. The lowest BCUT2D eigenvalue weighted by atomic mass is 9.99. The van der Waals surface area contributed by atoms with Crippen LogP contribution in [0.2, 0.25) is 0 Å². The van der Waals surface area contributed by atoms with E-state index in [1.807, 2.05) is 36.4 Å². The molecule has 1 unspecified atom stereocenters. The van der Waals surface area contributed by atoms with Crippen molar-refractivity contribution in [3.8, 4) is 0 Å². The van der Waals surface area contributed by atoms with Gasteiger partial charge in [-0.15, -0.1) is 0 Å². The largest absolute Gasteiger partial charge is 0.465 e. The third kappa shape index (κ3) is 2.01. The van der Waals surface area contributed by atoms with Crippen LogP contribution in [0.1, 0.15) is 24.4 Å². The Labute approximate surface area is 88.6 Å². The number of hydrogen-bond acceptors (Lipinski definition) is 1. The lowest BCUT2D eigenvalue weighted by Gasteiger charge is -2.29. The van der Waals surface area contributed by atoms with Gasteiger partial charge >= 0.3 is 6.09 Å². The van der Waals surface area contributed by atoms with Crippen LogP contribution in [0.5, 0.6) is 0 Å². The van der Waals surface area contributed by atoms with Crippen LogP contribution in [-0.2, 0) is 0 Å². The molecule has 0 spiro atoms. The first-order valence-corrected chi connectivity index (χ1v) is 5.02. The van der Waals surface area contributed by atoms with Gasteiger partial charge in [-0.2, -0.15) is 0 Å². The van der Waals surface area contributed by atoms with Crippen LogP contribution in [0.15, 0.2) is 42.6 Å². The second kappa shape index (κ2) is 4.17. The predicted octanol–water partition coefficient (Wildman–Crippen LogP) is 3.02. The molecule has 78 valence electrons. The van der Waals surface area contributed by atoms with Crippen LogP contribution in [-0.4, -0.2) is 16.1 Å². The van der Waals surface area contributed by atoms with Crippen LogP contribution in [0.3, 0.4) is 0 Å². The molecule has 0 saturated heterocycles. The first-order valence-electron chi connectivity index (χ1n) is 5.02. The second-order valence-corrected chi connectivity index (χ2v) is 3.58. The maximum Gasteiger partial charge on any atom is 0.411 e. The molecule has 1 aromatic rings. The highest BCUT2D eigenvalue weighted by Crippen LogP contribution is 2.29. The standard InChI is InChI=1S/C12H13NO2/c14-12(15)13-9-5-4-8-11(13)10-6-2-1-3-7-10/h1-3,5-7,9,11H,4,8H2,(H,14,15). The summed E-state index contributed by atoms with van der Waals surface area (Å²) in [5.74, 6) is 0. The van der Waals surface area contributed by atoms with Crippen LogP contribution in [0, 0.1) is 0 Å². The minimum atomic E-state index is -0.889. The zero-order valence-electron chi connectivity index (χ0n) is 8.34. The average Bonchev–Trinajstić information content (AvgIpc) is 2.30. The van der Waals surface area contributed by atoms with Crippen molar-refractivity contribution in [3.63, 3.8) is 0 Å². The van der Waals surface area contributed by atoms with Crippen molar-refractivity contribution >= 4 is 6.09 Å². The van der Waals surface area contributed by atoms with Gasteiger partial charge in [0, 0.05) is 6.20 Å². The zero-order valence-corrected chi connectivity index (χ0v) is 8.34. The summed E-state index contributed by atoms with van der Waals surface area (Å²) >= 11 is 0. The van der Waals surface area contributed by atoms with Crippen molar-refractivity contribution in [2.45, 2.75) is 18.9 Å². The number of nitrogens with zero attached hydrogens (tertiary/aromatic N) is 1. The van der Waals surface area contributed by atoms with E-state index in [1.165, 1.54) is 4.90 Å². The average molecular weight is 203 g/mol. The summed E-state index contributed by atoms with van der Waals surface area (Å²) in [6.45, 7) is 0. The van der Waals surface area contributed by atoms with Gasteiger partial charge in [0.2, 0.25) is 0 Å². The topological polar surface area (TPSA) is 40.5 Å². The molecule has 0 radical (unpaired) electrons. The molecule has 1 N–H and O–H groups in total. The van der Waals surface area contributed by atoms with Crippen molar-refractivity contribution in [1.29, 1.82) is 0 Å². The third-order valence-corrected chi connectivity index (χ3v) is 2.61. The first-order chi connectivity index (χ1) is 7.29. The van der Waals surface area contributed by atoms with E-state index in [0.29, 0.717) is 0 Å². The van der Waals surface area contributed by atoms with Gasteiger partial charge in [-0.3, -0.25) is 4.90 Å². The van der Waals surface area contributed by atoms with Crippen molar-refractivity contribution in [2.75, 3.05) is 0 Å². The Hall–Kier alpha value is -1.77. The number of rotatable bonds is 1. The molecule has 1 amide bonds. The van der Waals surface area contributed by atoms with Crippen LogP contribution < -0.4 is 0 Å². The van der Waals surface area contributed by atoms with Crippen LogP contribution >= 0.6 is 0 Å². The molecule has 1 aliphatic heterocycles. The number of carbonyl (C=O) groups is 1. The van der Waals surface area contributed by atoms with Gasteiger partial charge in [0.05, 0.1) is 6.04 Å². The second-order valence-electron chi connectivity index (χ2n) is 3.58. The number of benzene rings is 1. The molecule has 0 bridgehead atoms. The Bertz CT molecular complexity index is 372. The quantitative estimate of drug-likeness (QED) is 0.762. The minimum absolute atomic E-state index is 0.0336. The monoisotopic (exact) mass is 203 g/mol. The molecular weight excluding hydrogens is 190 g/mol. The van der Waals surface area contributed by atoms with E-state index < -0.39 is 6.09 Å². The zero-order chi connectivity index (χ0) is 10.7. The Morgan fingerprint density at radius 1 is 1.33 bits per heavy atom. The highest BCUT2D eigenvalue weighted by atomic mass is 16.4. The number of amides is 1. The number of carboxylic acid groups (broad SMARTS) is 1. The highest BCUT2D eigenvalue weighted by Gasteiger charge is 2.24. The molecule has 3 nitrogen and oxygen atoms in total. The van der Waals surface area contributed by atoms with E-state index in [4.69, 9.17) is 5.11 Å². The molecule has 3 heteroatoms. The summed E-state index contributed by atoms with van der Waals surface area (Å²) in [6, 6.07) is 9.72. The molecular formula is C12H13NO2. The third-order valence-electron chi connectivity index (χ3n) is 2.61. The summed E-state index contributed by atoms with van der Waals surface area (Å²) in [4.78, 5) is 12.4. The normalized spacial score (nSPS) is 20.3. The smallest absolute Gasteiger partial charge is 0.411 e. The molecule has 0 aromatic heterocycles. The van der Waals surface area contributed by atoms with Gasteiger partial charge in [-0.25, -0.2) is 4.79 Å². The Morgan fingerprint density at radius 2 is 2.07 bits per heavy atom. The number of hydrogen-bond donors (Lipinski definition) is 1. The van der Waals surface area contributed by atoms with Gasteiger partial charge in [0.25, 0.3) is 0 Å². The van der Waals surface area contributed by atoms with E-state index in [2.05, 4.69) is 0 Å². The fourth-order valence-corrected chi connectivity index (χ4v) is 1.88. The van der Waals surface area contributed by atoms with Crippen molar-refractivity contribution in [1.82, 2.24) is 4.90 Å². The SMILES string of the molecule is O=C(O)N1C=CCCC1c1ccccc1. The summed E-state index contributed by atoms with van der Waals surface area (Å²) in [5.41, 5.74) is 1.06. The van der Waals surface area contributed by atoms with Crippen molar-refractivity contribution in [3.05, 3.63) is 48.2 Å². The predicted molar refractivity (Wildman–Crippen MR) is 57.4 cm³/mol. The van der Waals surface area contributed by atoms with Gasteiger partial charge in [-0.05, 0) is 18.4 Å². The van der Waals surface area contributed by atoms with Crippen LogP contribution in [0.4, 0.5) is 4.79 Å². The minimum Gasteiger partial charge on any atom is -0.465 e. The Morgan fingerprint density at radius 3 is 2.73 bits per heavy atom. The number of allylic oxidation sites excluding steroid dienone is 1. The fraction of sp³-hybridized carbons (Fsp3) is 0.250. The molecule has 1 aliphatic rings. The molecule has 2 rings (SSSR count). The molecule has 1 heterocycles.